The van der Waals surface area contributed by atoms with Crippen molar-refractivity contribution >= 4 is 48.9 Å². The Hall–Kier alpha value is -3.84. The molecule has 0 N–H and O–H groups in total. The Bertz CT molecular complexity index is 1900. The van der Waals surface area contributed by atoms with E-state index in [1.807, 2.05) is 0 Å². The third-order valence-electron chi connectivity index (χ3n) is 7.86. The summed E-state index contributed by atoms with van der Waals surface area (Å²) < 4.78 is 2.51. The van der Waals surface area contributed by atoms with Crippen molar-refractivity contribution < 1.29 is 0 Å². The summed E-state index contributed by atoms with van der Waals surface area (Å²) in [6, 6.07) is 33.9. The number of hydrogen-bond acceptors (Lipinski definition) is 0. The van der Waals surface area contributed by atoms with Gasteiger partial charge in [-0.3, -0.25) is 0 Å². The van der Waals surface area contributed by atoms with Crippen molar-refractivity contribution in [1.29, 1.82) is 0 Å². The minimum atomic E-state index is -0.0219. The minimum absolute atomic E-state index is 0.0219. The van der Waals surface area contributed by atoms with Crippen LogP contribution in [0.2, 0.25) is 0 Å². The first-order valence-corrected chi connectivity index (χ1v) is 11.4. The van der Waals surface area contributed by atoms with Gasteiger partial charge >= 0.3 is 0 Å². The molecule has 0 aliphatic heterocycles. The van der Waals surface area contributed by atoms with Gasteiger partial charge in [0.1, 0.15) is 0 Å². The highest BCUT2D eigenvalue weighted by Crippen LogP contribution is 2.53. The predicted octanol–water partition coefficient (Wildman–Crippen LogP) is 8.30. The first-order chi connectivity index (χ1) is 15.6. The highest BCUT2D eigenvalue weighted by Gasteiger charge is 2.38. The van der Waals surface area contributed by atoms with Crippen LogP contribution in [0.4, 0.5) is 0 Å². The fraction of sp³-hybridized carbons (Fsp3) is 0.0968. The molecule has 1 nitrogen and oxygen atoms in total. The van der Waals surface area contributed by atoms with Crippen molar-refractivity contribution in [3.63, 3.8) is 0 Å². The average molecular weight is 408 g/mol. The second-order valence-corrected chi connectivity index (χ2v) is 9.81. The van der Waals surface area contributed by atoms with Gasteiger partial charge in [-0.2, -0.15) is 0 Å². The topological polar surface area (TPSA) is 4.41 Å². The Morgan fingerprint density at radius 3 is 2.22 bits per heavy atom. The Balaban J connectivity index is 1.64. The van der Waals surface area contributed by atoms with E-state index in [1.54, 1.807) is 0 Å². The number of benzene rings is 5. The summed E-state index contributed by atoms with van der Waals surface area (Å²) >= 11 is 0. The van der Waals surface area contributed by atoms with Gasteiger partial charge in [-0.25, -0.2) is 0 Å². The van der Waals surface area contributed by atoms with E-state index >= 15 is 0 Å². The fourth-order valence-corrected chi connectivity index (χ4v) is 6.53. The molecule has 0 radical (unpaired) electrons. The maximum Gasteiger partial charge on any atom is 0.0620 e. The number of hydrogen-bond donors (Lipinski definition) is 0. The number of nitrogens with zero attached hydrogens (tertiary/aromatic N) is 1. The molecule has 150 valence electrons. The molecule has 1 aliphatic rings. The van der Waals surface area contributed by atoms with Gasteiger partial charge in [-0.1, -0.05) is 86.6 Å². The van der Waals surface area contributed by atoms with Gasteiger partial charge in [0, 0.05) is 27.0 Å². The lowest BCUT2D eigenvalue weighted by molar-refractivity contribution is 0.666. The van der Waals surface area contributed by atoms with Crippen LogP contribution in [-0.4, -0.2) is 4.40 Å². The van der Waals surface area contributed by atoms with E-state index in [4.69, 9.17) is 0 Å². The van der Waals surface area contributed by atoms with Crippen molar-refractivity contribution in [2.24, 2.45) is 0 Å². The van der Waals surface area contributed by atoms with E-state index in [2.05, 4.69) is 109 Å². The molecule has 8 rings (SSSR count). The Kier molecular flexibility index (Phi) is 2.79. The van der Waals surface area contributed by atoms with Crippen molar-refractivity contribution in [3.05, 3.63) is 102 Å². The van der Waals surface area contributed by atoms with Crippen LogP contribution in [0.1, 0.15) is 25.0 Å². The van der Waals surface area contributed by atoms with Gasteiger partial charge in [-0.05, 0) is 51.2 Å². The highest BCUT2D eigenvalue weighted by atomic mass is 14.9. The van der Waals surface area contributed by atoms with Crippen molar-refractivity contribution in [2.45, 2.75) is 19.3 Å². The smallest absolute Gasteiger partial charge is 0.0620 e. The van der Waals surface area contributed by atoms with Crippen LogP contribution < -0.4 is 0 Å². The third kappa shape index (κ3) is 1.75. The number of aromatic nitrogens is 1. The van der Waals surface area contributed by atoms with Gasteiger partial charge < -0.3 is 4.40 Å². The lowest BCUT2D eigenvalue weighted by Crippen LogP contribution is -2.15. The zero-order valence-corrected chi connectivity index (χ0v) is 18.1. The van der Waals surface area contributed by atoms with Gasteiger partial charge in [0.05, 0.1) is 16.6 Å². The van der Waals surface area contributed by atoms with Crippen LogP contribution in [0.5, 0.6) is 0 Å². The van der Waals surface area contributed by atoms with Crippen molar-refractivity contribution in [3.8, 4) is 11.1 Å². The number of fused-ring (bicyclic) bond motifs is 11. The molecule has 1 heteroatoms. The molecule has 0 saturated carbocycles. The molecule has 0 atom stereocenters. The molecule has 1 aliphatic carbocycles. The fourth-order valence-electron chi connectivity index (χ4n) is 6.53. The molecular weight excluding hydrogens is 386 g/mol. The zero-order chi connectivity index (χ0) is 21.2. The molecule has 2 aromatic heterocycles. The molecular formula is C31H21N. The normalized spacial score (nSPS) is 14.8. The summed E-state index contributed by atoms with van der Waals surface area (Å²) in [6.45, 7) is 4.77. The molecule has 0 bridgehead atoms. The summed E-state index contributed by atoms with van der Waals surface area (Å²) in [5, 5.41) is 8.07. The molecule has 0 spiro atoms. The molecule has 0 unspecified atom stereocenters. The summed E-state index contributed by atoms with van der Waals surface area (Å²) in [5.74, 6) is 0. The molecule has 7 aromatic rings. The molecule has 0 amide bonds. The van der Waals surface area contributed by atoms with Crippen LogP contribution >= 0.6 is 0 Å². The summed E-state index contributed by atoms with van der Waals surface area (Å²) in [6.07, 6.45) is 0. The molecule has 0 saturated heterocycles. The molecule has 2 heterocycles. The van der Waals surface area contributed by atoms with E-state index in [0.29, 0.717) is 0 Å². The summed E-state index contributed by atoms with van der Waals surface area (Å²) in [4.78, 5) is 0. The van der Waals surface area contributed by atoms with Gasteiger partial charge in [0.25, 0.3) is 0 Å². The Morgan fingerprint density at radius 2 is 1.34 bits per heavy atom. The second-order valence-electron chi connectivity index (χ2n) is 9.81. The van der Waals surface area contributed by atoms with E-state index < -0.39 is 0 Å². The lowest BCUT2D eigenvalue weighted by atomic mass is 9.80. The van der Waals surface area contributed by atoms with Gasteiger partial charge in [0.15, 0.2) is 0 Å². The van der Waals surface area contributed by atoms with Crippen LogP contribution in [-0.2, 0) is 5.41 Å². The van der Waals surface area contributed by atoms with Gasteiger partial charge in [0.2, 0.25) is 0 Å². The highest BCUT2D eigenvalue weighted by molar-refractivity contribution is 6.26. The summed E-state index contributed by atoms with van der Waals surface area (Å²) in [5.41, 5.74) is 9.64. The third-order valence-corrected chi connectivity index (χ3v) is 7.86. The lowest BCUT2D eigenvalue weighted by Gasteiger charge is -2.22. The second kappa shape index (κ2) is 5.31. The molecule has 0 fully saturated rings. The van der Waals surface area contributed by atoms with E-state index in [0.717, 1.165) is 0 Å². The maximum atomic E-state index is 2.51. The van der Waals surface area contributed by atoms with E-state index in [9.17, 15) is 0 Å². The quantitative estimate of drug-likeness (QED) is 0.238. The largest absolute Gasteiger partial charge is 0.308 e. The first kappa shape index (κ1) is 16.8. The Morgan fingerprint density at radius 1 is 0.594 bits per heavy atom. The van der Waals surface area contributed by atoms with Crippen LogP contribution in [0.15, 0.2) is 91.0 Å². The number of para-hydroxylation sites is 1. The molecule has 5 aromatic carbocycles. The first-order valence-electron chi connectivity index (χ1n) is 11.4. The molecule has 32 heavy (non-hydrogen) atoms. The number of rotatable bonds is 0. The summed E-state index contributed by atoms with van der Waals surface area (Å²) in [7, 11) is 0. The minimum Gasteiger partial charge on any atom is -0.308 e. The van der Waals surface area contributed by atoms with E-state index in [1.165, 1.54) is 71.1 Å². The average Bonchev–Trinajstić information content (AvgIpc) is 3.41. The zero-order valence-electron chi connectivity index (χ0n) is 18.1. The standard InChI is InChI=1S/C31H21N/c1-31(2)25-13-6-5-10-20(25)21-14-15-26-28(29(21)31)23-12-7-11-22-24-16-18-8-3-4-9-19(18)17-27(24)32(26)30(22)23/h3-17H,1-2H3. The van der Waals surface area contributed by atoms with E-state index in [-0.39, 0.29) is 5.41 Å². The van der Waals surface area contributed by atoms with Crippen molar-refractivity contribution in [2.75, 3.05) is 0 Å². The van der Waals surface area contributed by atoms with Crippen LogP contribution in [0, 0.1) is 0 Å². The van der Waals surface area contributed by atoms with Crippen molar-refractivity contribution in [1.82, 2.24) is 4.40 Å². The van der Waals surface area contributed by atoms with Crippen LogP contribution in [0.25, 0.3) is 60.0 Å². The monoisotopic (exact) mass is 407 g/mol. The maximum absolute atomic E-state index is 2.51. The Labute approximate surface area is 185 Å². The van der Waals surface area contributed by atoms with Gasteiger partial charge in [-0.15, -0.1) is 0 Å². The SMILES string of the molecule is CC1(C)c2ccccc2-c2ccc3c(c21)c1cccc2c4cc5ccccc5cc4n3c21. The predicted molar refractivity (Wildman–Crippen MR) is 136 cm³/mol. The van der Waals surface area contributed by atoms with Crippen LogP contribution in [0.3, 0.4) is 0 Å².